The number of carbonyl (C=O) groups excluding carboxylic acids is 2. The fourth-order valence-corrected chi connectivity index (χ4v) is 6.19. The van der Waals surface area contributed by atoms with Crippen LogP contribution in [0.1, 0.15) is 181 Å². The lowest BCUT2D eigenvalue weighted by atomic mass is 10.1. The second-order valence-electron chi connectivity index (χ2n) is 13.3. The van der Waals surface area contributed by atoms with Crippen LogP contribution in [0.5, 0.6) is 0 Å². The molecule has 0 bridgehead atoms. The van der Waals surface area contributed by atoms with E-state index in [1.54, 1.807) is 0 Å². The van der Waals surface area contributed by atoms with Crippen molar-refractivity contribution in [1.29, 1.82) is 0 Å². The fourth-order valence-electron chi connectivity index (χ4n) is 5.40. The maximum Gasteiger partial charge on any atom is 0.472 e. The monoisotopic (exact) mass is 720 g/mol. The highest BCUT2D eigenvalue weighted by Gasteiger charge is 2.27. The summed E-state index contributed by atoms with van der Waals surface area (Å²) in [4.78, 5) is 34.3. The maximum absolute atomic E-state index is 12.3. The molecular weight excluding hydrogens is 647 g/mol. The third-order valence-electron chi connectivity index (χ3n) is 8.48. The smallest absolute Gasteiger partial charge is 0.457 e. The van der Waals surface area contributed by atoms with Crippen molar-refractivity contribution in [1.82, 2.24) is 0 Å². The van der Waals surface area contributed by atoms with Crippen LogP contribution in [0.25, 0.3) is 0 Å². The number of ether oxygens (including phenoxy) is 2. The number of unbranched alkanes of at least 4 members (excludes halogenated alkanes) is 21. The first-order valence-electron chi connectivity index (χ1n) is 19.6. The quantitative estimate of drug-likeness (QED) is 0.0245. The van der Waals surface area contributed by atoms with Crippen molar-refractivity contribution in [3.8, 4) is 0 Å². The summed E-state index contributed by atoms with van der Waals surface area (Å²) in [5.41, 5.74) is 0. The first kappa shape index (κ1) is 47.7. The van der Waals surface area contributed by atoms with Crippen LogP contribution in [0.3, 0.4) is 0 Å². The number of hydrogen-bond donors (Lipinski definition) is 3. The first-order valence-corrected chi connectivity index (χ1v) is 21.1. The Morgan fingerprint density at radius 2 is 0.837 bits per heavy atom. The third-order valence-corrected chi connectivity index (χ3v) is 9.43. The van der Waals surface area contributed by atoms with Gasteiger partial charge >= 0.3 is 19.8 Å². The number of hydrogen-bond acceptors (Lipinski definition) is 9. The molecule has 3 unspecified atom stereocenters. The van der Waals surface area contributed by atoms with E-state index < -0.39 is 58.4 Å². The van der Waals surface area contributed by atoms with Gasteiger partial charge in [0.25, 0.3) is 0 Å². The van der Waals surface area contributed by atoms with Gasteiger partial charge in [-0.25, -0.2) is 4.57 Å². The predicted octanol–water partition coefficient (Wildman–Crippen LogP) is 9.67. The van der Waals surface area contributed by atoms with Crippen molar-refractivity contribution in [2.75, 3.05) is 26.4 Å². The van der Waals surface area contributed by atoms with Gasteiger partial charge in [-0.05, 0) is 38.5 Å². The van der Waals surface area contributed by atoms with Crippen molar-refractivity contribution in [3.05, 3.63) is 12.2 Å². The SMILES string of the molecule is CCCCCCCCC/C=C\CCCCCCCCCC(=O)OC(CO)COP(=O)(O)OCC(CO)OC(=O)CCCCCCCCCC. The molecule has 11 heteroatoms. The number of rotatable bonds is 37. The van der Waals surface area contributed by atoms with E-state index in [1.165, 1.54) is 96.3 Å². The van der Waals surface area contributed by atoms with Gasteiger partial charge in [0.1, 0.15) is 12.2 Å². The minimum Gasteiger partial charge on any atom is -0.457 e. The molecule has 0 heterocycles. The molecule has 0 amide bonds. The van der Waals surface area contributed by atoms with Gasteiger partial charge in [-0.15, -0.1) is 0 Å². The lowest BCUT2D eigenvalue weighted by Crippen LogP contribution is -2.28. The van der Waals surface area contributed by atoms with E-state index in [0.29, 0.717) is 12.8 Å². The number of phosphoric ester groups is 1. The van der Waals surface area contributed by atoms with Gasteiger partial charge < -0.3 is 24.6 Å². The number of esters is 2. The van der Waals surface area contributed by atoms with Gasteiger partial charge in [-0.2, -0.15) is 0 Å². The number of allylic oxidation sites excluding steroid dienone is 2. The van der Waals surface area contributed by atoms with E-state index >= 15 is 0 Å². The van der Waals surface area contributed by atoms with Crippen LogP contribution in [-0.4, -0.2) is 65.7 Å². The molecule has 0 aliphatic rings. The summed E-state index contributed by atoms with van der Waals surface area (Å²) in [6.07, 6.45) is 30.6. The molecule has 0 aliphatic heterocycles. The molecule has 0 aromatic heterocycles. The van der Waals surface area contributed by atoms with Crippen molar-refractivity contribution in [2.45, 2.75) is 193 Å². The maximum atomic E-state index is 12.3. The average Bonchev–Trinajstić information content (AvgIpc) is 3.09. The largest absolute Gasteiger partial charge is 0.472 e. The number of carbonyl (C=O) groups is 2. The number of phosphoric acid groups is 1. The summed E-state index contributed by atoms with van der Waals surface area (Å²) in [5, 5.41) is 19.0. The Labute approximate surface area is 298 Å². The predicted molar refractivity (Wildman–Crippen MR) is 196 cm³/mol. The van der Waals surface area contributed by atoms with Gasteiger partial charge in [0.15, 0.2) is 0 Å². The molecule has 0 radical (unpaired) electrons. The van der Waals surface area contributed by atoms with Crippen LogP contribution in [0.2, 0.25) is 0 Å². The highest BCUT2D eigenvalue weighted by atomic mass is 31.2. The minimum absolute atomic E-state index is 0.190. The molecule has 0 aromatic rings. The molecule has 3 N–H and O–H groups in total. The van der Waals surface area contributed by atoms with Crippen LogP contribution < -0.4 is 0 Å². The summed E-state index contributed by atoms with van der Waals surface area (Å²) >= 11 is 0. The zero-order valence-electron chi connectivity index (χ0n) is 31.2. The van der Waals surface area contributed by atoms with Crippen LogP contribution >= 0.6 is 7.82 Å². The zero-order valence-corrected chi connectivity index (χ0v) is 32.1. The average molecular weight is 721 g/mol. The molecule has 3 atom stereocenters. The van der Waals surface area contributed by atoms with Gasteiger partial charge in [0.2, 0.25) is 0 Å². The summed E-state index contributed by atoms with van der Waals surface area (Å²) in [5.74, 6) is -1.02. The molecule has 290 valence electrons. The molecule has 49 heavy (non-hydrogen) atoms. The van der Waals surface area contributed by atoms with Crippen molar-refractivity contribution < 1.29 is 47.8 Å². The Hall–Kier alpha value is -1.29. The summed E-state index contributed by atoms with van der Waals surface area (Å²) in [7, 11) is -4.62. The Morgan fingerprint density at radius 3 is 1.16 bits per heavy atom. The van der Waals surface area contributed by atoms with E-state index in [9.17, 15) is 29.3 Å². The normalized spacial score (nSPS) is 14.1. The first-order chi connectivity index (χ1) is 23.8. The van der Waals surface area contributed by atoms with E-state index in [1.807, 2.05) is 0 Å². The molecule has 0 aromatic carbocycles. The summed E-state index contributed by atoms with van der Waals surface area (Å²) in [6, 6.07) is 0. The molecule has 0 aliphatic carbocycles. The lowest BCUT2D eigenvalue weighted by Gasteiger charge is -2.20. The van der Waals surface area contributed by atoms with Crippen LogP contribution in [0.15, 0.2) is 12.2 Å². The number of aliphatic hydroxyl groups is 2. The van der Waals surface area contributed by atoms with E-state index in [-0.39, 0.29) is 12.8 Å². The Morgan fingerprint density at radius 1 is 0.531 bits per heavy atom. The molecule has 0 saturated heterocycles. The molecular formula is C38H73O10P. The van der Waals surface area contributed by atoms with Crippen LogP contribution in [-0.2, 0) is 32.7 Å². The Balaban J connectivity index is 3.91. The lowest BCUT2D eigenvalue weighted by molar-refractivity contribution is -0.153. The molecule has 0 spiro atoms. The Kier molecular flexibility index (Phi) is 34.2. The van der Waals surface area contributed by atoms with Gasteiger partial charge in [-0.3, -0.25) is 18.6 Å². The topological polar surface area (TPSA) is 149 Å². The standard InChI is InChI=1S/C38H73O10P/c1-3-5-7-9-11-13-14-15-16-17-18-19-20-21-22-24-26-28-30-38(42)48-36(32-40)34-46-49(43,44)45-33-35(31-39)47-37(41)29-27-25-23-12-10-8-6-4-2/h16-17,35-36,39-40H,3-15,18-34H2,1-2H3,(H,43,44)/b17-16-. The minimum atomic E-state index is -4.62. The van der Waals surface area contributed by atoms with E-state index in [2.05, 4.69) is 26.0 Å². The Bertz CT molecular complexity index is 837. The summed E-state index contributed by atoms with van der Waals surface area (Å²) in [6.45, 7) is 2.16. The second-order valence-corrected chi connectivity index (χ2v) is 14.7. The fraction of sp³-hybridized carbons (Fsp3) is 0.895. The highest BCUT2D eigenvalue weighted by Crippen LogP contribution is 2.43. The molecule has 10 nitrogen and oxygen atoms in total. The third kappa shape index (κ3) is 33.6. The second kappa shape index (κ2) is 35.1. The number of aliphatic hydroxyl groups excluding tert-OH is 2. The highest BCUT2D eigenvalue weighted by molar-refractivity contribution is 7.47. The van der Waals surface area contributed by atoms with Crippen molar-refractivity contribution in [3.63, 3.8) is 0 Å². The summed E-state index contributed by atoms with van der Waals surface area (Å²) < 4.78 is 32.4. The van der Waals surface area contributed by atoms with Crippen molar-refractivity contribution in [2.24, 2.45) is 0 Å². The van der Waals surface area contributed by atoms with Crippen molar-refractivity contribution >= 4 is 19.8 Å². The molecule has 0 fully saturated rings. The van der Waals surface area contributed by atoms with E-state index in [4.69, 9.17) is 18.5 Å². The van der Waals surface area contributed by atoms with E-state index in [0.717, 1.165) is 44.9 Å². The van der Waals surface area contributed by atoms with Gasteiger partial charge in [0, 0.05) is 12.8 Å². The van der Waals surface area contributed by atoms with Gasteiger partial charge in [-0.1, -0.05) is 142 Å². The van der Waals surface area contributed by atoms with Crippen LogP contribution in [0, 0.1) is 0 Å². The molecule has 0 saturated carbocycles. The zero-order chi connectivity index (χ0) is 36.3. The van der Waals surface area contributed by atoms with Crippen LogP contribution in [0.4, 0.5) is 0 Å². The van der Waals surface area contributed by atoms with Gasteiger partial charge in [0.05, 0.1) is 26.4 Å². The molecule has 0 rings (SSSR count).